The van der Waals surface area contributed by atoms with E-state index in [2.05, 4.69) is 0 Å². The smallest absolute Gasteiger partial charge is 0.419 e. The van der Waals surface area contributed by atoms with Crippen molar-refractivity contribution in [3.05, 3.63) is 41.5 Å². The van der Waals surface area contributed by atoms with E-state index in [1.165, 1.54) is 17.7 Å². The summed E-state index contributed by atoms with van der Waals surface area (Å²) in [5.74, 6) is -0.0667. The molecule has 0 N–H and O–H groups in total. The van der Waals surface area contributed by atoms with Crippen LogP contribution >= 0.6 is 0 Å². The van der Waals surface area contributed by atoms with Crippen LogP contribution in [0.1, 0.15) is 31.7 Å². The van der Waals surface area contributed by atoms with Crippen LogP contribution in [0.15, 0.2) is 35.9 Å². The minimum absolute atomic E-state index is 0.0667. The van der Waals surface area contributed by atoms with Crippen molar-refractivity contribution in [2.45, 2.75) is 38.5 Å². The number of hydrogen-bond acceptors (Lipinski definition) is 1. The molecule has 1 aromatic carbocycles. The normalized spacial score (nSPS) is 20.4. The zero-order valence-electron chi connectivity index (χ0n) is 10.1. The van der Waals surface area contributed by atoms with Crippen molar-refractivity contribution >= 4 is 0 Å². The number of alkyl halides is 3. The molecule has 1 aliphatic carbocycles. The van der Waals surface area contributed by atoms with Crippen molar-refractivity contribution in [1.82, 2.24) is 0 Å². The van der Waals surface area contributed by atoms with Gasteiger partial charge in [0.1, 0.15) is 11.9 Å². The molecule has 0 bridgehead atoms. The van der Waals surface area contributed by atoms with E-state index >= 15 is 0 Å². The summed E-state index contributed by atoms with van der Waals surface area (Å²) in [6.07, 6.45) is -0.149. The first-order valence-corrected chi connectivity index (χ1v) is 5.95. The number of benzene rings is 1. The molecule has 18 heavy (non-hydrogen) atoms. The Bertz CT molecular complexity index is 449. The summed E-state index contributed by atoms with van der Waals surface area (Å²) < 4.78 is 43.8. The van der Waals surface area contributed by atoms with Crippen LogP contribution in [-0.4, -0.2) is 6.10 Å². The fourth-order valence-corrected chi connectivity index (χ4v) is 2.03. The Balaban J connectivity index is 2.15. The van der Waals surface area contributed by atoms with E-state index in [0.29, 0.717) is 6.42 Å². The molecule has 0 heterocycles. The van der Waals surface area contributed by atoms with E-state index in [-0.39, 0.29) is 11.9 Å². The second kappa shape index (κ2) is 5.04. The Kier molecular flexibility index (Phi) is 3.64. The first-order chi connectivity index (χ1) is 8.47. The largest absolute Gasteiger partial charge is 0.489 e. The predicted octanol–water partition coefficient (Wildman–Crippen LogP) is 4.58. The molecule has 1 nitrogen and oxygen atoms in total. The van der Waals surface area contributed by atoms with Gasteiger partial charge in [0.15, 0.2) is 0 Å². The maximum absolute atomic E-state index is 12.8. The first-order valence-electron chi connectivity index (χ1n) is 5.95. The minimum Gasteiger partial charge on any atom is -0.489 e. The van der Waals surface area contributed by atoms with E-state index in [1.54, 1.807) is 6.07 Å². The topological polar surface area (TPSA) is 9.23 Å². The fourth-order valence-electron chi connectivity index (χ4n) is 2.03. The molecule has 2 rings (SSSR count). The Hall–Kier alpha value is -1.45. The maximum atomic E-state index is 12.8. The lowest BCUT2D eigenvalue weighted by Crippen LogP contribution is -2.20. The van der Waals surface area contributed by atoms with Crippen molar-refractivity contribution in [3.63, 3.8) is 0 Å². The van der Waals surface area contributed by atoms with Crippen LogP contribution in [0, 0.1) is 0 Å². The SMILES string of the molecule is CC1=CCC(Oc2ccccc2C(F)(F)F)CC1. The number of hydrogen-bond donors (Lipinski definition) is 0. The minimum atomic E-state index is -4.36. The molecule has 4 heteroatoms. The van der Waals surface area contributed by atoms with Crippen LogP contribution in [0.5, 0.6) is 5.75 Å². The van der Waals surface area contributed by atoms with E-state index in [0.717, 1.165) is 18.9 Å². The molecule has 0 spiro atoms. The summed E-state index contributed by atoms with van der Waals surface area (Å²) in [4.78, 5) is 0. The lowest BCUT2D eigenvalue weighted by Gasteiger charge is -2.23. The molecule has 0 saturated heterocycles. The molecule has 98 valence electrons. The van der Waals surface area contributed by atoms with Gasteiger partial charge in [-0.3, -0.25) is 0 Å². The molecular formula is C14H15F3O. The Morgan fingerprint density at radius 1 is 1.22 bits per heavy atom. The molecule has 1 aliphatic rings. The second-order valence-electron chi connectivity index (χ2n) is 4.56. The number of rotatable bonds is 2. The molecule has 0 amide bonds. The monoisotopic (exact) mass is 256 g/mol. The summed E-state index contributed by atoms with van der Waals surface area (Å²) in [5.41, 5.74) is 0.579. The molecule has 0 aliphatic heterocycles. The van der Waals surface area contributed by atoms with Crippen molar-refractivity contribution < 1.29 is 17.9 Å². The van der Waals surface area contributed by atoms with Crippen molar-refractivity contribution in [2.24, 2.45) is 0 Å². The van der Waals surface area contributed by atoms with Gasteiger partial charge in [-0.2, -0.15) is 13.2 Å². The van der Waals surface area contributed by atoms with Crippen LogP contribution in [0.3, 0.4) is 0 Å². The summed E-state index contributed by atoms with van der Waals surface area (Å²) in [6.45, 7) is 2.03. The molecule has 0 radical (unpaired) electrons. The molecule has 1 aromatic rings. The quantitative estimate of drug-likeness (QED) is 0.703. The third-order valence-electron chi connectivity index (χ3n) is 3.08. The van der Waals surface area contributed by atoms with Gasteiger partial charge in [0, 0.05) is 6.42 Å². The number of para-hydroxylation sites is 1. The van der Waals surface area contributed by atoms with Crippen molar-refractivity contribution in [1.29, 1.82) is 0 Å². The lowest BCUT2D eigenvalue weighted by molar-refractivity contribution is -0.139. The highest BCUT2D eigenvalue weighted by atomic mass is 19.4. The van der Waals surface area contributed by atoms with E-state index in [9.17, 15) is 13.2 Å². The van der Waals surface area contributed by atoms with Gasteiger partial charge >= 0.3 is 6.18 Å². The Morgan fingerprint density at radius 2 is 1.94 bits per heavy atom. The van der Waals surface area contributed by atoms with Gasteiger partial charge in [-0.15, -0.1) is 0 Å². The average Bonchev–Trinajstić information content (AvgIpc) is 2.31. The van der Waals surface area contributed by atoms with Gasteiger partial charge < -0.3 is 4.74 Å². The Morgan fingerprint density at radius 3 is 2.56 bits per heavy atom. The molecule has 0 fully saturated rings. The van der Waals surface area contributed by atoms with Crippen LogP contribution in [0.25, 0.3) is 0 Å². The molecule has 0 saturated carbocycles. The Labute approximate surface area is 104 Å². The third kappa shape index (κ3) is 3.06. The second-order valence-corrected chi connectivity index (χ2v) is 4.56. The van der Waals surface area contributed by atoms with Crippen LogP contribution in [0.2, 0.25) is 0 Å². The van der Waals surface area contributed by atoms with Crippen molar-refractivity contribution in [2.75, 3.05) is 0 Å². The van der Waals surface area contributed by atoms with Crippen LogP contribution < -0.4 is 4.74 Å². The van der Waals surface area contributed by atoms with Crippen LogP contribution in [-0.2, 0) is 6.18 Å². The molecular weight excluding hydrogens is 241 g/mol. The summed E-state index contributed by atoms with van der Waals surface area (Å²) in [5, 5.41) is 0. The first kappa shape index (κ1) is 13.0. The van der Waals surface area contributed by atoms with Crippen molar-refractivity contribution in [3.8, 4) is 5.75 Å². The standard InChI is InChI=1S/C14H15F3O/c1-10-6-8-11(9-7-10)18-13-5-3-2-4-12(13)14(15,16)17/h2-6,11H,7-9H2,1H3. The predicted molar refractivity (Wildman–Crippen MR) is 63.5 cm³/mol. The van der Waals surface area contributed by atoms with Gasteiger partial charge in [-0.05, 0) is 31.9 Å². The summed E-state index contributed by atoms with van der Waals surface area (Å²) in [6, 6.07) is 5.38. The zero-order chi connectivity index (χ0) is 13.2. The summed E-state index contributed by atoms with van der Waals surface area (Å²) >= 11 is 0. The van der Waals surface area contributed by atoms with E-state index in [4.69, 9.17) is 4.74 Å². The molecule has 0 aromatic heterocycles. The fraction of sp³-hybridized carbons (Fsp3) is 0.429. The third-order valence-corrected chi connectivity index (χ3v) is 3.08. The van der Waals surface area contributed by atoms with E-state index < -0.39 is 11.7 Å². The molecule has 1 unspecified atom stereocenters. The highest BCUT2D eigenvalue weighted by Gasteiger charge is 2.34. The average molecular weight is 256 g/mol. The van der Waals surface area contributed by atoms with Gasteiger partial charge in [-0.1, -0.05) is 23.8 Å². The number of allylic oxidation sites excluding steroid dienone is 1. The highest BCUT2D eigenvalue weighted by Crippen LogP contribution is 2.37. The van der Waals surface area contributed by atoms with Gasteiger partial charge in [0.05, 0.1) is 5.56 Å². The maximum Gasteiger partial charge on any atom is 0.419 e. The number of halogens is 3. The van der Waals surface area contributed by atoms with Crippen LogP contribution in [0.4, 0.5) is 13.2 Å². The van der Waals surface area contributed by atoms with E-state index in [1.807, 2.05) is 13.0 Å². The molecule has 1 atom stereocenters. The van der Waals surface area contributed by atoms with Gasteiger partial charge in [0.2, 0.25) is 0 Å². The zero-order valence-corrected chi connectivity index (χ0v) is 10.1. The highest BCUT2D eigenvalue weighted by molar-refractivity contribution is 5.35. The lowest BCUT2D eigenvalue weighted by atomic mass is 9.98. The van der Waals surface area contributed by atoms with Gasteiger partial charge in [0.25, 0.3) is 0 Å². The number of ether oxygens (including phenoxy) is 1. The summed E-state index contributed by atoms with van der Waals surface area (Å²) in [7, 11) is 0. The van der Waals surface area contributed by atoms with Gasteiger partial charge in [-0.25, -0.2) is 0 Å².